The van der Waals surface area contributed by atoms with Crippen LogP contribution in [-0.2, 0) is 33.4 Å². The molecule has 1 aliphatic rings. The van der Waals surface area contributed by atoms with E-state index in [1.165, 1.54) is 6.08 Å². The van der Waals surface area contributed by atoms with Crippen LogP contribution in [-0.4, -0.2) is 136 Å². The Morgan fingerprint density at radius 3 is 2.17 bits per heavy atom. The first-order valence-corrected chi connectivity index (χ1v) is 14.9. The second-order valence-corrected chi connectivity index (χ2v) is 12.9. The lowest BCUT2D eigenvalue weighted by atomic mass is 9.81. The normalized spacial score (nSPS) is 15.7. The maximum atomic E-state index is 12.9. The Hall–Kier alpha value is -2.99. The van der Waals surface area contributed by atoms with Crippen LogP contribution in [0.5, 0.6) is 0 Å². The maximum absolute atomic E-state index is 12.9. The Kier molecular flexibility index (Phi) is 15.2. The summed E-state index contributed by atoms with van der Waals surface area (Å²) in [5, 5.41) is 11.7. The zero-order valence-corrected chi connectivity index (χ0v) is 26.8. The van der Waals surface area contributed by atoms with Crippen LogP contribution >= 0.6 is 0 Å². The monoisotopic (exact) mass is 598 g/mol. The molecule has 1 aliphatic heterocycles. The third kappa shape index (κ3) is 14.3. The molecule has 2 unspecified atom stereocenters. The topological polar surface area (TPSA) is 139 Å². The SMILES string of the molecule is CCC(C)(CCC(C)C(=O)OCC[N+](C)(C)CCC(=O)NCCN1CC=CC1=O)C(=O)OCC[N+](C)(C)CCC(=O)O. The third-order valence-electron chi connectivity index (χ3n) is 8.15. The molecule has 42 heavy (non-hydrogen) atoms. The lowest BCUT2D eigenvalue weighted by Gasteiger charge is -2.31. The smallest absolute Gasteiger partial charge is 0.311 e. The van der Waals surface area contributed by atoms with Gasteiger partial charge in [-0.1, -0.05) is 19.9 Å². The Labute approximate surface area is 251 Å². The molecule has 2 amide bonds. The van der Waals surface area contributed by atoms with E-state index < -0.39 is 11.4 Å². The number of nitrogens with one attached hydrogen (secondary N) is 1. The highest BCUT2D eigenvalue weighted by Gasteiger charge is 2.34. The highest BCUT2D eigenvalue weighted by atomic mass is 16.5. The summed E-state index contributed by atoms with van der Waals surface area (Å²) in [6.45, 7) is 9.56. The van der Waals surface area contributed by atoms with Crippen LogP contribution in [0.4, 0.5) is 0 Å². The average molecular weight is 599 g/mol. The number of hydrogen-bond donors (Lipinski definition) is 2. The van der Waals surface area contributed by atoms with E-state index in [1.54, 1.807) is 17.9 Å². The summed E-state index contributed by atoms with van der Waals surface area (Å²) in [5.41, 5.74) is -0.729. The molecule has 0 radical (unpaired) electrons. The molecule has 0 bridgehead atoms. The Morgan fingerprint density at radius 1 is 1.02 bits per heavy atom. The van der Waals surface area contributed by atoms with Gasteiger partial charge < -0.3 is 33.8 Å². The second kappa shape index (κ2) is 17.2. The standard InChI is InChI=1S/C30H52N4O8/c1-8-30(3,29(40)42-23-21-34(6,7)19-13-27(37)38)14-11-24(2)28(39)41-22-20-33(4,5)18-12-25(35)31-15-17-32-16-9-10-26(32)36/h9-10,24H,8,11-23H2,1-7H3/p+2. The van der Waals surface area contributed by atoms with E-state index in [9.17, 15) is 24.0 Å². The number of quaternary nitrogens is 2. The van der Waals surface area contributed by atoms with Crippen LogP contribution in [0, 0.1) is 11.3 Å². The molecule has 0 saturated carbocycles. The van der Waals surface area contributed by atoms with Crippen molar-refractivity contribution in [1.29, 1.82) is 0 Å². The fraction of sp³-hybridized carbons (Fsp3) is 0.767. The second-order valence-electron chi connectivity index (χ2n) is 12.9. The first-order chi connectivity index (χ1) is 19.5. The average Bonchev–Trinajstić information content (AvgIpc) is 3.33. The van der Waals surface area contributed by atoms with E-state index in [1.807, 2.05) is 42.0 Å². The van der Waals surface area contributed by atoms with Crippen molar-refractivity contribution in [2.45, 2.75) is 52.9 Å². The summed E-state index contributed by atoms with van der Waals surface area (Å²) in [6.07, 6.45) is 5.25. The van der Waals surface area contributed by atoms with Crippen molar-refractivity contribution < 1.29 is 47.5 Å². The molecule has 12 nitrogen and oxygen atoms in total. The highest BCUT2D eigenvalue weighted by Crippen LogP contribution is 2.31. The molecule has 0 aliphatic carbocycles. The van der Waals surface area contributed by atoms with Crippen LogP contribution in [0.3, 0.4) is 0 Å². The largest absolute Gasteiger partial charge is 0.481 e. The van der Waals surface area contributed by atoms with Crippen molar-refractivity contribution in [1.82, 2.24) is 10.2 Å². The number of carbonyl (C=O) groups is 5. The van der Waals surface area contributed by atoms with Crippen LogP contribution in [0.1, 0.15) is 52.9 Å². The van der Waals surface area contributed by atoms with E-state index in [0.717, 1.165) is 0 Å². The van der Waals surface area contributed by atoms with E-state index in [0.29, 0.717) is 80.5 Å². The number of carbonyl (C=O) groups excluding carboxylic acids is 4. The van der Waals surface area contributed by atoms with Crippen molar-refractivity contribution in [2.75, 3.05) is 87.2 Å². The van der Waals surface area contributed by atoms with Gasteiger partial charge >= 0.3 is 17.9 Å². The third-order valence-corrected chi connectivity index (χ3v) is 8.15. The van der Waals surface area contributed by atoms with E-state index >= 15 is 0 Å². The Morgan fingerprint density at radius 2 is 1.62 bits per heavy atom. The fourth-order valence-electron chi connectivity index (χ4n) is 4.29. The van der Waals surface area contributed by atoms with Gasteiger partial charge in [-0.15, -0.1) is 0 Å². The van der Waals surface area contributed by atoms with Gasteiger partial charge in [0.05, 0.1) is 65.5 Å². The van der Waals surface area contributed by atoms with Crippen molar-refractivity contribution >= 4 is 29.7 Å². The van der Waals surface area contributed by atoms with Crippen molar-refractivity contribution in [2.24, 2.45) is 11.3 Å². The van der Waals surface area contributed by atoms with Gasteiger partial charge in [0.2, 0.25) is 11.8 Å². The van der Waals surface area contributed by atoms with Crippen molar-refractivity contribution in [3.05, 3.63) is 12.2 Å². The number of likely N-dealkylation sites (N-methyl/N-ethyl adjacent to an activating group) is 2. The summed E-state index contributed by atoms with van der Waals surface area (Å²) in [7, 11) is 7.76. The molecule has 0 spiro atoms. The molecule has 0 saturated heterocycles. The Bertz CT molecular complexity index is 965. The van der Waals surface area contributed by atoms with Gasteiger partial charge in [0.1, 0.15) is 26.3 Å². The predicted octanol–water partition coefficient (Wildman–Crippen LogP) is 1.44. The quantitative estimate of drug-likeness (QED) is 0.150. The molecule has 2 N–H and O–H groups in total. The van der Waals surface area contributed by atoms with Crippen LogP contribution < -0.4 is 5.32 Å². The number of amides is 2. The number of aliphatic carboxylic acids is 1. The summed E-state index contributed by atoms with van der Waals surface area (Å²) >= 11 is 0. The fourth-order valence-corrected chi connectivity index (χ4v) is 4.29. The number of rotatable bonds is 21. The summed E-state index contributed by atoms with van der Waals surface area (Å²) in [4.78, 5) is 61.8. The molecule has 240 valence electrons. The molecule has 0 aromatic rings. The molecular weight excluding hydrogens is 544 g/mol. The van der Waals surface area contributed by atoms with Gasteiger partial charge in [0.15, 0.2) is 0 Å². The number of carboxylic acids is 1. The van der Waals surface area contributed by atoms with Crippen molar-refractivity contribution in [3.63, 3.8) is 0 Å². The molecule has 1 rings (SSSR count). The number of carboxylic acid groups (broad SMARTS) is 1. The van der Waals surface area contributed by atoms with E-state index in [-0.39, 0.29) is 49.3 Å². The van der Waals surface area contributed by atoms with E-state index in [4.69, 9.17) is 14.6 Å². The van der Waals surface area contributed by atoms with Crippen LogP contribution in [0.15, 0.2) is 12.2 Å². The van der Waals surface area contributed by atoms with Gasteiger partial charge in [-0.25, -0.2) is 0 Å². The predicted molar refractivity (Wildman–Crippen MR) is 158 cm³/mol. The van der Waals surface area contributed by atoms with Crippen LogP contribution in [0.2, 0.25) is 0 Å². The first-order valence-electron chi connectivity index (χ1n) is 14.9. The summed E-state index contributed by atoms with van der Waals surface area (Å²) in [6, 6.07) is 0. The maximum Gasteiger partial charge on any atom is 0.311 e. The van der Waals surface area contributed by atoms with Crippen molar-refractivity contribution in [3.8, 4) is 0 Å². The van der Waals surface area contributed by atoms with Gasteiger partial charge in [0.25, 0.3) is 0 Å². The molecule has 2 atom stereocenters. The molecule has 0 aromatic carbocycles. The van der Waals surface area contributed by atoms with Crippen LogP contribution in [0.25, 0.3) is 0 Å². The minimum absolute atomic E-state index is 0.0326. The molecule has 12 heteroatoms. The highest BCUT2D eigenvalue weighted by molar-refractivity contribution is 5.90. The lowest BCUT2D eigenvalue weighted by Crippen LogP contribution is -2.45. The van der Waals surface area contributed by atoms with Gasteiger partial charge in [-0.2, -0.15) is 0 Å². The first kappa shape index (κ1) is 37.0. The zero-order chi connectivity index (χ0) is 32.0. The number of nitrogens with zero attached hydrogens (tertiary/aromatic N) is 3. The van der Waals surface area contributed by atoms with Gasteiger partial charge in [-0.3, -0.25) is 24.0 Å². The number of esters is 2. The minimum Gasteiger partial charge on any atom is -0.481 e. The zero-order valence-electron chi connectivity index (χ0n) is 26.8. The Balaban J connectivity index is 2.34. The summed E-state index contributed by atoms with van der Waals surface area (Å²) in [5.74, 6) is -1.97. The molecule has 1 heterocycles. The van der Waals surface area contributed by atoms with Gasteiger partial charge in [-0.05, 0) is 26.2 Å². The molecular formula is C30H54N4O8+2. The lowest BCUT2D eigenvalue weighted by molar-refractivity contribution is -0.889. The molecule has 0 aromatic heterocycles. The number of ether oxygens (including phenoxy) is 2. The number of hydrogen-bond acceptors (Lipinski definition) is 7. The summed E-state index contributed by atoms with van der Waals surface area (Å²) < 4.78 is 12.0. The molecule has 0 fully saturated rings. The van der Waals surface area contributed by atoms with Gasteiger partial charge in [0, 0.05) is 25.7 Å². The minimum atomic E-state index is -0.852. The van der Waals surface area contributed by atoms with E-state index in [2.05, 4.69) is 5.32 Å².